The van der Waals surface area contributed by atoms with Crippen LogP contribution in [0.25, 0.3) is 0 Å². The number of unbranched alkanes of at least 4 members (excludes halogenated alkanes) is 6. The van der Waals surface area contributed by atoms with E-state index in [-0.39, 0.29) is 0 Å². The standard InChI is InChI=1S/C10H20N/c1-2-3-4-5-6-7-8-9-10-11/h1-2H,3-11H2. The second-order valence-corrected chi connectivity index (χ2v) is 2.93. The lowest BCUT2D eigenvalue weighted by atomic mass is 10.1. The minimum Gasteiger partial charge on any atom is -0.330 e. The molecule has 0 fully saturated rings. The van der Waals surface area contributed by atoms with Crippen molar-refractivity contribution < 1.29 is 0 Å². The SMILES string of the molecule is [CH]=CCCCCCCCCN. The molecule has 0 aliphatic rings. The summed E-state index contributed by atoms with van der Waals surface area (Å²) >= 11 is 0. The maximum atomic E-state index is 5.37. The first-order valence-electron chi connectivity index (χ1n) is 4.65. The van der Waals surface area contributed by atoms with Crippen molar-refractivity contribution in [2.75, 3.05) is 6.54 Å². The molecule has 0 rings (SSSR count). The molecule has 65 valence electrons. The first-order chi connectivity index (χ1) is 5.41. The molecule has 0 aliphatic carbocycles. The summed E-state index contributed by atoms with van der Waals surface area (Å²) in [6, 6.07) is 0. The first-order valence-corrected chi connectivity index (χ1v) is 4.65. The van der Waals surface area contributed by atoms with Crippen LogP contribution in [0.1, 0.15) is 44.9 Å². The molecule has 0 aromatic carbocycles. The number of hydrogen-bond donors (Lipinski definition) is 1. The zero-order valence-electron chi connectivity index (χ0n) is 7.39. The molecule has 0 amide bonds. The lowest BCUT2D eigenvalue weighted by Crippen LogP contribution is -1.97. The van der Waals surface area contributed by atoms with Crippen molar-refractivity contribution in [1.29, 1.82) is 0 Å². The van der Waals surface area contributed by atoms with Crippen LogP contribution in [0, 0.1) is 6.58 Å². The third kappa shape index (κ3) is 9.70. The molecule has 0 unspecified atom stereocenters. The minimum atomic E-state index is 0.844. The molecule has 0 aliphatic heterocycles. The van der Waals surface area contributed by atoms with Crippen LogP contribution in [-0.4, -0.2) is 6.54 Å². The maximum Gasteiger partial charge on any atom is -0.00773 e. The van der Waals surface area contributed by atoms with Crippen molar-refractivity contribution in [2.24, 2.45) is 5.73 Å². The average molecular weight is 154 g/mol. The predicted octanol–water partition coefficient (Wildman–Crippen LogP) is 2.66. The summed E-state index contributed by atoms with van der Waals surface area (Å²) < 4.78 is 0. The van der Waals surface area contributed by atoms with Gasteiger partial charge in [0.05, 0.1) is 0 Å². The van der Waals surface area contributed by atoms with E-state index >= 15 is 0 Å². The van der Waals surface area contributed by atoms with Gasteiger partial charge < -0.3 is 5.73 Å². The molecule has 0 heterocycles. The van der Waals surface area contributed by atoms with Crippen LogP contribution in [0.2, 0.25) is 0 Å². The Kier molecular flexibility index (Phi) is 9.44. The summed E-state index contributed by atoms with van der Waals surface area (Å²) in [6.07, 6.45) is 10.5. The van der Waals surface area contributed by atoms with Crippen LogP contribution in [0.5, 0.6) is 0 Å². The Morgan fingerprint density at radius 3 is 2.00 bits per heavy atom. The van der Waals surface area contributed by atoms with Crippen LogP contribution in [0.15, 0.2) is 6.08 Å². The zero-order chi connectivity index (χ0) is 8.36. The lowest BCUT2D eigenvalue weighted by molar-refractivity contribution is 0.601. The summed E-state index contributed by atoms with van der Waals surface area (Å²) in [5.74, 6) is 0. The lowest BCUT2D eigenvalue weighted by Gasteiger charge is -1.98. The monoisotopic (exact) mass is 154 g/mol. The molecule has 1 heteroatoms. The molecule has 11 heavy (non-hydrogen) atoms. The van der Waals surface area contributed by atoms with E-state index in [2.05, 4.69) is 0 Å². The van der Waals surface area contributed by atoms with Crippen LogP contribution in [0.3, 0.4) is 0 Å². The highest BCUT2D eigenvalue weighted by atomic mass is 14.5. The van der Waals surface area contributed by atoms with Crippen molar-refractivity contribution in [3.63, 3.8) is 0 Å². The van der Waals surface area contributed by atoms with Crippen molar-refractivity contribution in [3.8, 4) is 0 Å². The Morgan fingerprint density at radius 2 is 1.45 bits per heavy atom. The van der Waals surface area contributed by atoms with Crippen LogP contribution >= 0.6 is 0 Å². The zero-order valence-corrected chi connectivity index (χ0v) is 7.39. The second-order valence-electron chi connectivity index (χ2n) is 2.93. The Hall–Kier alpha value is -0.300. The fourth-order valence-electron chi connectivity index (χ4n) is 1.11. The Bertz CT molecular complexity index is 78.9. The summed E-state index contributed by atoms with van der Waals surface area (Å²) in [4.78, 5) is 0. The van der Waals surface area contributed by atoms with Gasteiger partial charge >= 0.3 is 0 Å². The number of rotatable bonds is 8. The quantitative estimate of drug-likeness (QED) is 0.534. The molecule has 1 radical (unpaired) electrons. The molecule has 0 saturated carbocycles. The van der Waals surface area contributed by atoms with Crippen LogP contribution in [0.4, 0.5) is 0 Å². The summed E-state index contributed by atoms with van der Waals surface area (Å²) in [5.41, 5.74) is 5.37. The third-order valence-corrected chi connectivity index (χ3v) is 1.82. The van der Waals surface area contributed by atoms with Gasteiger partial charge in [0.15, 0.2) is 0 Å². The van der Waals surface area contributed by atoms with E-state index in [4.69, 9.17) is 12.3 Å². The Labute approximate surface area is 70.7 Å². The van der Waals surface area contributed by atoms with E-state index < -0.39 is 0 Å². The highest BCUT2D eigenvalue weighted by Crippen LogP contribution is 2.06. The molecular formula is C10H20N. The summed E-state index contributed by atoms with van der Waals surface area (Å²) in [6.45, 7) is 6.09. The first kappa shape index (κ1) is 10.7. The molecule has 0 aromatic rings. The van der Waals surface area contributed by atoms with Crippen LogP contribution < -0.4 is 5.73 Å². The molecule has 2 N–H and O–H groups in total. The fraction of sp³-hybridized carbons (Fsp3) is 0.800. The molecule has 0 atom stereocenters. The van der Waals surface area contributed by atoms with Gasteiger partial charge in [0.25, 0.3) is 0 Å². The topological polar surface area (TPSA) is 26.0 Å². The van der Waals surface area contributed by atoms with Crippen LogP contribution in [-0.2, 0) is 0 Å². The van der Waals surface area contributed by atoms with E-state index in [1.165, 1.54) is 38.5 Å². The second kappa shape index (κ2) is 9.70. The third-order valence-electron chi connectivity index (χ3n) is 1.82. The molecular weight excluding hydrogens is 134 g/mol. The number of nitrogens with two attached hydrogens (primary N) is 1. The van der Waals surface area contributed by atoms with Gasteiger partial charge in [-0.3, -0.25) is 0 Å². The maximum absolute atomic E-state index is 5.37. The van der Waals surface area contributed by atoms with Crippen molar-refractivity contribution >= 4 is 0 Å². The smallest absolute Gasteiger partial charge is 0.00773 e. The van der Waals surface area contributed by atoms with E-state index in [1.807, 2.05) is 0 Å². The molecule has 1 nitrogen and oxygen atoms in total. The highest BCUT2D eigenvalue weighted by Gasteiger charge is 1.88. The van der Waals surface area contributed by atoms with E-state index in [9.17, 15) is 0 Å². The molecule has 0 saturated heterocycles. The van der Waals surface area contributed by atoms with Crippen molar-refractivity contribution in [3.05, 3.63) is 12.7 Å². The van der Waals surface area contributed by atoms with Gasteiger partial charge in [-0.15, -0.1) is 0 Å². The Morgan fingerprint density at radius 1 is 0.909 bits per heavy atom. The van der Waals surface area contributed by atoms with Gasteiger partial charge in [0.1, 0.15) is 0 Å². The van der Waals surface area contributed by atoms with Crippen molar-refractivity contribution in [2.45, 2.75) is 44.9 Å². The van der Waals surface area contributed by atoms with Gasteiger partial charge in [-0.2, -0.15) is 0 Å². The van der Waals surface area contributed by atoms with Crippen molar-refractivity contribution in [1.82, 2.24) is 0 Å². The van der Waals surface area contributed by atoms with Gasteiger partial charge in [0.2, 0.25) is 0 Å². The van der Waals surface area contributed by atoms with E-state index in [0.717, 1.165) is 13.0 Å². The van der Waals surface area contributed by atoms with Gasteiger partial charge in [-0.1, -0.05) is 38.3 Å². The Balaban J connectivity index is 2.74. The molecule has 0 aromatic heterocycles. The van der Waals surface area contributed by atoms with E-state index in [0.29, 0.717) is 0 Å². The van der Waals surface area contributed by atoms with Gasteiger partial charge in [-0.05, 0) is 25.8 Å². The summed E-state index contributed by atoms with van der Waals surface area (Å²) in [7, 11) is 0. The average Bonchev–Trinajstić information content (AvgIpc) is 2.03. The van der Waals surface area contributed by atoms with E-state index in [1.54, 1.807) is 6.08 Å². The largest absolute Gasteiger partial charge is 0.330 e. The molecule has 0 bridgehead atoms. The normalized spacial score (nSPS) is 9.91. The minimum absolute atomic E-state index is 0.844. The summed E-state index contributed by atoms with van der Waals surface area (Å²) in [5, 5.41) is 0. The number of hydrogen-bond acceptors (Lipinski definition) is 1. The highest BCUT2D eigenvalue weighted by molar-refractivity contribution is 4.61. The predicted molar refractivity (Wildman–Crippen MR) is 50.2 cm³/mol. The number of allylic oxidation sites excluding steroid dienone is 1. The molecule has 0 spiro atoms. The fourth-order valence-corrected chi connectivity index (χ4v) is 1.11. The van der Waals surface area contributed by atoms with Gasteiger partial charge in [-0.25, -0.2) is 0 Å². The van der Waals surface area contributed by atoms with Gasteiger partial charge in [0, 0.05) is 0 Å².